The van der Waals surface area contributed by atoms with Gasteiger partial charge in [-0.3, -0.25) is 4.98 Å². The monoisotopic (exact) mass is 280 g/mol. The third kappa shape index (κ3) is 3.51. The fraction of sp³-hybridized carbons (Fsp3) is 0.421. The highest BCUT2D eigenvalue weighted by Gasteiger charge is 2.27. The molecule has 2 heteroatoms. The molecule has 1 aromatic carbocycles. The topological polar surface area (TPSA) is 24.9 Å². The van der Waals surface area contributed by atoms with Crippen molar-refractivity contribution in [3.63, 3.8) is 0 Å². The van der Waals surface area contributed by atoms with E-state index in [9.17, 15) is 0 Å². The van der Waals surface area contributed by atoms with Crippen LogP contribution in [0.1, 0.15) is 42.4 Å². The van der Waals surface area contributed by atoms with Crippen molar-refractivity contribution in [1.29, 1.82) is 0 Å². The van der Waals surface area contributed by atoms with Gasteiger partial charge in [-0.2, -0.15) is 0 Å². The van der Waals surface area contributed by atoms with Crippen LogP contribution in [0.4, 0.5) is 0 Å². The van der Waals surface area contributed by atoms with Crippen molar-refractivity contribution in [1.82, 2.24) is 10.3 Å². The second kappa shape index (κ2) is 6.86. The zero-order chi connectivity index (χ0) is 14.5. The number of rotatable bonds is 7. The number of hydrogen-bond acceptors (Lipinski definition) is 2. The lowest BCUT2D eigenvalue weighted by molar-refractivity contribution is 0.415. The molecule has 0 amide bonds. The SMILES string of the molecule is CCCNC(Cc1ccncc1)CC1Cc2ccccc21. The molecule has 110 valence electrons. The van der Waals surface area contributed by atoms with Gasteiger partial charge in [0.05, 0.1) is 0 Å². The molecule has 0 spiro atoms. The molecule has 1 N–H and O–H groups in total. The summed E-state index contributed by atoms with van der Waals surface area (Å²) in [5, 5.41) is 3.73. The van der Waals surface area contributed by atoms with E-state index >= 15 is 0 Å². The molecule has 0 radical (unpaired) electrons. The summed E-state index contributed by atoms with van der Waals surface area (Å²) in [6, 6.07) is 13.7. The van der Waals surface area contributed by atoms with E-state index in [1.165, 1.54) is 24.8 Å². The molecule has 1 aliphatic rings. The third-order valence-corrected chi connectivity index (χ3v) is 4.44. The minimum Gasteiger partial charge on any atom is -0.314 e. The zero-order valence-corrected chi connectivity index (χ0v) is 12.8. The van der Waals surface area contributed by atoms with Gasteiger partial charge in [-0.1, -0.05) is 31.2 Å². The first-order valence-corrected chi connectivity index (χ1v) is 8.07. The highest BCUT2D eigenvalue weighted by Crippen LogP contribution is 2.38. The molecule has 3 rings (SSSR count). The lowest BCUT2D eigenvalue weighted by Crippen LogP contribution is -2.35. The summed E-state index contributed by atoms with van der Waals surface area (Å²) in [5.41, 5.74) is 4.49. The Balaban J connectivity index is 1.63. The Morgan fingerprint density at radius 1 is 1.19 bits per heavy atom. The second-order valence-corrected chi connectivity index (χ2v) is 6.05. The first-order chi connectivity index (χ1) is 10.4. The van der Waals surface area contributed by atoms with Crippen LogP contribution in [0.2, 0.25) is 0 Å². The van der Waals surface area contributed by atoms with Crippen molar-refractivity contribution in [2.24, 2.45) is 0 Å². The summed E-state index contributed by atoms with van der Waals surface area (Å²) in [6.45, 7) is 3.33. The molecule has 0 bridgehead atoms. The maximum Gasteiger partial charge on any atom is 0.0270 e. The van der Waals surface area contributed by atoms with Crippen LogP contribution >= 0.6 is 0 Å². The van der Waals surface area contributed by atoms with E-state index in [1.54, 1.807) is 11.1 Å². The molecule has 0 saturated heterocycles. The number of nitrogens with one attached hydrogen (secondary N) is 1. The van der Waals surface area contributed by atoms with Crippen LogP contribution in [0.15, 0.2) is 48.8 Å². The Morgan fingerprint density at radius 3 is 2.76 bits per heavy atom. The average Bonchev–Trinajstić information content (AvgIpc) is 2.51. The van der Waals surface area contributed by atoms with Gasteiger partial charge in [-0.05, 0) is 67.0 Å². The molecule has 2 nitrogen and oxygen atoms in total. The summed E-state index contributed by atoms with van der Waals surface area (Å²) in [6.07, 6.45) is 8.56. The number of aromatic nitrogens is 1. The van der Waals surface area contributed by atoms with Gasteiger partial charge >= 0.3 is 0 Å². The molecule has 21 heavy (non-hydrogen) atoms. The largest absolute Gasteiger partial charge is 0.314 e. The van der Waals surface area contributed by atoms with E-state index in [0.717, 1.165) is 18.9 Å². The van der Waals surface area contributed by atoms with Crippen molar-refractivity contribution < 1.29 is 0 Å². The van der Waals surface area contributed by atoms with E-state index < -0.39 is 0 Å². The Morgan fingerprint density at radius 2 is 2.00 bits per heavy atom. The number of benzene rings is 1. The van der Waals surface area contributed by atoms with Gasteiger partial charge in [0.25, 0.3) is 0 Å². The molecule has 0 fully saturated rings. The van der Waals surface area contributed by atoms with Crippen LogP contribution in [-0.2, 0) is 12.8 Å². The Hall–Kier alpha value is -1.67. The van der Waals surface area contributed by atoms with E-state index in [2.05, 4.69) is 53.6 Å². The Kier molecular flexibility index (Phi) is 4.66. The quantitative estimate of drug-likeness (QED) is 0.836. The zero-order valence-electron chi connectivity index (χ0n) is 12.8. The summed E-state index contributed by atoms with van der Waals surface area (Å²) in [4.78, 5) is 4.11. The molecule has 1 aliphatic carbocycles. The second-order valence-electron chi connectivity index (χ2n) is 6.05. The van der Waals surface area contributed by atoms with Gasteiger partial charge in [0.15, 0.2) is 0 Å². The van der Waals surface area contributed by atoms with Gasteiger partial charge in [-0.15, -0.1) is 0 Å². The van der Waals surface area contributed by atoms with Crippen LogP contribution in [0.5, 0.6) is 0 Å². The van der Waals surface area contributed by atoms with Crippen LogP contribution in [0, 0.1) is 0 Å². The number of pyridine rings is 1. The van der Waals surface area contributed by atoms with Crippen molar-refractivity contribution in [3.05, 3.63) is 65.5 Å². The van der Waals surface area contributed by atoms with Crippen molar-refractivity contribution >= 4 is 0 Å². The highest BCUT2D eigenvalue weighted by molar-refractivity contribution is 5.40. The minimum atomic E-state index is 0.561. The number of nitrogens with zero attached hydrogens (tertiary/aromatic N) is 1. The summed E-state index contributed by atoms with van der Waals surface area (Å²) >= 11 is 0. The van der Waals surface area contributed by atoms with E-state index in [1.807, 2.05) is 12.4 Å². The molecule has 2 aromatic rings. The number of fused-ring (bicyclic) bond motifs is 1. The van der Waals surface area contributed by atoms with Gasteiger partial charge in [0.2, 0.25) is 0 Å². The predicted molar refractivity (Wildman–Crippen MR) is 87.5 cm³/mol. The molecule has 2 unspecified atom stereocenters. The maximum absolute atomic E-state index is 4.11. The molecule has 0 aliphatic heterocycles. The third-order valence-electron chi connectivity index (χ3n) is 4.44. The first-order valence-electron chi connectivity index (χ1n) is 8.07. The molecule has 2 atom stereocenters. The molecule has 0 saturated carbocycles. The first kappa shape index (κ1) is 14.3. The minimum absolute atomic E-state index is 0.561. The van der Waals surface area contributed by atoms with Crippen LogP contribution < -0.4 is 5.32 Å². The van der Waals surface area contributed by atoms with E-state index in [0.29, 0.717) is 6.04 Å². The summed E-state index contributed by atoms with van der Waals surface area (Å²) in [7, 11) is 0. The van der Waals surface area contributed by atoms with E-state index in [4.69, 9.17) is 0 Å². The Labute approximate surface area is 127 Å². The summed E-state index contributed by atoms with van der Waals surface area (Å²) < 4.78 is 0. The molecule has 1 aromatic heterocycles. The lowest BCUT2D eigenvalue weighted by Gasteiger charge is -2.33. The van der Waals surface area contributed by atoms with Crippen molar-refractivity contribution in [2.45, 2.75) is 44.6 Å². The molecular formula is C19H24N2. The van der Waals surface area contributed by atoms with E-state index in [-0.39, 0.29) is 0 Å². The standard InChI is InChI=1S/C19H24N2/c1-2-9-21-18(12-15-7-10-20-11-8-15)14-17-13-16-5-3-4-6-19(16)17/h3-8,10-11,17-18,21H,2,9,12-14H2,1H3. The smallest absolute Gasteiger partial charge is 0.0270 e. The maximum atomic E-state index is 4.11. The normalized spacial score (nSPS) is 17.9. The van der Waals surface area contributed by atoms with Crippen LogP contribution in [0.3, 0.4) is 0 Å². The fourth-order valence-electron chi connectivity index (χ4n) is 3.31. The summed E-state index contributed by atoms with van der Waals surface area (Å²) in [5.74, 6) is 0.734. The fourth-order valence-corrected chi connectivity index (χ4v) is 3.31. The van der Waals surface area contributed by atoms with Gasteiger partial charge in [-0.25, -0.2) is 0 Å². The van der Waals surface area contributed by atoms with Gasteiger partial charge in [0.1, 0.15) is 0 Å². The predicted octanol–water partition coefficient (Wildman–Crippen LogP) is 3.72. The van der Waals surface area contributed by atoms with Crippen molar-refractivity contribution in [3.8, 4) is 0 Å². The number of hydrogen-bond donors (Lipinski definition) is 1. The molecule has 1 heterocycles. The highest BCUT2D eigenvalue weighted by atomic mass is 14.9. The van der Waals surface area contributed by atoms with Crippen LogP contribution in [0.25, 0.3) is 0 Å². The van der Waals surface area contributed by atoms with Crippen molar-refractivity contribution in [2.75, 3.05) is 6.54 Å². The Bertz CT molecular complexity index is 565. The lowest BCUT2D eigenvalue weighted by atomic mass is 9.74. The van der Waals surface area contributed by atoms with Crippen LogP contribution in [-0.4, -0.2) is 17.6 Å². The molecular weight excluding hydrogens is 256 g/mol. The van der Waals surface area contributed by atoms with Gasteiger partial charge < -0.3 is 5.32 Å². The van der Waals surface area contributed by atoms with Gasteiger partial charge in [0, 0.05) is 18.4 Å². The average molecular weight is 280 g/mol.